The van der Waals surface area contributed by atoms with Crippen molar-refractivity contribution < 1.29 is 24.5 Å². The van der Waals surface area contributed by atoms with E-state index in [-0.39, 0.29) is 18.5 Å². The first kappa shape index (κ1) is 75.6. The van der Waals surface area contributed by atoms with Crippen LogP contribution in [-0.2, 0) is 14.3 Å². The highest BCUT2D eigenvalue weighted by molar-refractivity contribution is 5.76. The van der Waals surface area contributed by atoms with Crippen LogP contribution in [-0.4, -0.2) is 47.4 Å². The van der Waals surface area contributed by atoms with E-state index < -0.39 is 12.1 Å². The molecule has 0 fully saturated rings. The molecule has 0 aliphatic carbocycles. The normalized spacial score (nSPS) is 12.5. The summed E-state index contributed by atoms with van der Waals surface area (Å²) in [4.78, 5) is 24.6. The molecule has 0 heterocycles. The third-order valence-electron chi connectivity index (χ3n) is 16.8. The number of rotatable bonds is 67. The number of carbonyl (C=O) groups excluding carboxylic acids is 2. The van der Waals surface area contributed by atoms with Crippen LogP contribution < -0.4 is 5.32 Å². The Bertz CT molecular complexity index is 1160. The van der Waals surface area contributed by atoms with E-state index in [2.05, 4.69) is 19.2 Å². The maximum atomic E-state index is 12.5. The lowest BCUT2D eigenvalue weighted by Crippen LogP contribution is -2.45. The molecule has 6 heteroatoms. The maximum Gasteiger partial charge on any atom is 0.305 e. The fourth-order valence-corrected chi connectivity index (χ4v) is 11.4. The summed E-state index contributed by atoms with van der Waals surface area (Å²) in [5.41, 5.74) is 0. The lowest BCUT2D eigenvalue weighted by Gasteiger charge is -2.20. The van der Waals surface area contributed by atoms with E-state index in [0.717, 1.165) is 38.5 Å². The highest BCUT2D eigenvalue weighted by Crippen LogP contribution is 2.19. The van der Waals surface area contributed by atoms with Gasteiger partial charge in [0.2, 0.25) is 5.91 Å². The van der Waals surface area contributed by atoms with E-state index >= 15 is 0 Å². The van der Waals surface area contributed by atoms with Gasteiger partial charge in [-0.05, 0) is 32.1 Å². The van der Waals surface area contributed by atoms with Gasteiger partial charge in [-0.1, -0.05) is 373 Å². The Morgan fingerprint density at radius 1 is 0.351 bits per heavy atom. The highest BCUT2D eigenvalue weighted by Gasteiger charge is 2.18. The minimum Gasteiger partial charge on any atom is -0.466 e. The summed E-state index contributed by atoms with van der Waals surface area (Å²) in [7, 11) is 0. The van der Waals surface area contributed by atoms with Crippen LogP contribution in [0.4, 0.5) is 0 Å². The van der Waals surface area contributed by atoms with Gasteiger partial charge in [0.05, 0.1) is 25.4 Å². The van der Waals surface area contributed by atoms with E-state index in [1.165, 1.54) is 340 Å². The van der Waals surface area contributed by atoms with Crippen LogP contribution in [0.1, 0.15) is 406 Å². The Kier molecular flexibility index (Phi) is 65.9. The van der Waals surface area contributed by atoms with Gasteiger partial charge in [-0.2, -0.15) is 0 Å². The fourth-order valence-electron chi connectivity index (χ4n) is 11.4. The van der Waals surface area contributed by atoms with E-state index in [0.29, 0.717) is 19.4 Å². The number of aliphatic hydroxyl groups excluding tert-OH is 2. The fraction of sp³-hybridized carbons (Fsp3) is 0.944. The van der Waals surface area contributed by atoms with Gasteiger partial charge in [0, 0.05) is 12.8 Å². The predicted molar refractivity (Wildman–Crippen MR) is 338 cm³/mol. The Morgan fingerprint density at radius 3 is 0.883 bits per heavy atom. The van der Waals surface area contributed by atoms with Crippen LogP contribution in [0.25, 0.3) is 0 Å². The second-order valence-corrected chi connectivity index (χ2v) is 24.6. The summed E-state index contributed by atoms with van der Waals surface area (Å²) in [5.74, 6) is -0.0413. The summed E-state index contributed by atoms with van der Waals surface area (Å²) in [6.45, 7) is 4.95. The van der Waals surface area contributed by atoms with Crippen LogP contribution in [0.15, 0.2) is 12.2 Å². The number of hydrogen-bond donors (Lipinski definition) is 3. The average Bonchev–Trinajstić information content (AvgIpc) is 3.43. The Balaban J connectivity index is 3.36. The van der Waals surface area contributed by atoms with Crippen LogP contribution >= 0.6 is 0 Å². The molecule has 458 valence electrons. The second-order valence-electron chi connectivity index (χ2n) is 24.6. The first-order chi connectivity index (χ1) is 38.0. The molecule has 0 aromatic heterocycles. The molecular weight excluding hydrogens is 947 g/mol. The van der Waals surface area contributed by atoms with E-state index in [9.17, 15) is 19.8 Å². The van der Waals surface area contributed by atoms with Gasteiger partial charge in [-0.15, -0.1) is 0 Å². The van der Waals surface area contributed by atoms with Crippen LogP contribution in [0.5, 0.6) is 0 Å². The molecule has 2 unspecified atom stereocenters. The molecular formula is C71H139NO5. The molecule has 1 amide bonds. The van der Waals surface area contributed by atoms with Gasteiger partial charge in [-0.3, -0.25) is 9.59 Å². The zero-order valence-corrected chi connectivity index (χ0v) is 52.5. The van der Waals surface area contributed by atoms with Crippen molar-refractivity contribution in [1.82, 2.24) is 5.32 Å². The number of amides is 1. The zero-order chi connectivity index (χ0) is 55.7. The third kappa shape index (κ3) is 63.6. The molecule has 77 heavy (non-hydrogen) atoms. The quantitative estimate of drug-likeness (QED) is 0.0320. The minimum atomic E-state index is -0.843. The number of aliphatic hydroxyl groups is 2. The smallest absolute Gasteiger partial charge is 0.305 e. The van der Waals surface area contributed by atoms with Crippen molar-refractivity contribution in [2.45, 2.75) is 418 Å². The van der Waals surface area contributed by atoms with Crippen molar-refractivity contribution >= 4 is 11.9 Å². The standard InChI is InChI=1S/C71H139NO5/c1-3-5-7-9-11-13-15-17-19-21-32-35-39-43-47-51-55-59-63-69(74)68(67-73)72-70(75)64-60-56-52-48-44-40-36-33-29-27-25-23-22-24-26-28-30-34-38-42-46-50-54-58-62-66-77-71(76)65-61-57-53-49-45-41-37-31-20-18-16-14-12-10-8-6-4-2/h59,63,68-69,73-74H,3-58,60-62,64-67H2,1-2H3,(H,72,75)/b63-59+. The number of nitrogens with one attached hydrogen (secondary N) is 1. The van der Waals surface area contributed by atoms with Gasteiger partial charge < -0.3 is 20.3 Å². The molecule has 0 aromatic carbocycles. The second kappa shape index (κ2) is 67.1. The molecule has 0 radical (unpaired) electrons. The number of ether oxygens (including phenoxy) is 1. The lowest BCUT2D eigenvalue weighted by molar-refractivity contribution is -0.143. The summed E-state index contributed by atoms with van der Waals surface area (Å²) < 4.78 is 5.51. The predicted octanol–water partition coefficient (Wildman–Crippen LogP) is 22.8. The number of unbranched alkanes of at least 4 members (excludes halogenated alkanes) is 56. The molecule has 2 atom stereocenters. The van der Waals surface area contributed by atoms with Crippen molar-refractivity contribution in [2.75, 3.05) is 13.2 Å². The van der Waals surface area contributed by atoms with Crippen LogP contribution in [0.3, 0.4) is 0 Å². The molecule has 3 N–H and O–H groups in total. The van der Waals surface area contributed by atoms with E-state index in [1.54, 1.807) is 6.08 Å². The van der Waals surface area contributed by atoms with Gasteiger partial charge in [0.15, 0.2) is 0 Å². The average molecular weight is 1090 g/mol. The van der Waals surface area contributed by atoms with E-state index in [1.807, 2.05) is 6.08 Å². The van der Waals surface area contributed by atoms with Crippen molar-refractivity contribution in [3.05, 3.63) is 12.2 Å². The molecule has 0 saturated heterocycles. The molecule has 0 bridgehead atoms. The van der Waals surface area contributed by atoms with Crippen LogP contribution in [0.2, 0.25) is 0 Å². The molecule has 0 aliphatic heterocycles. The Labute approximate surface area is 482 Å². The zero-order valence-electron chi connectivity index (χ0n) is 52.5. The lowest BCUT2D eigenvalue weighted by atomic mass is 10.0. The first-order valence-corrected chi connectivity index (χ1v) is 35.5. The molecule has 0 spiro atoms. The summed E-state index contributed by atoms with van der Waals surface area (Å²) in [6, 6.07) is -0.626. The molecule has 0 aliphatic rings. The molecule has 0 rings (SSSR count). The van der Waals surface area contributed by atoms with Gasteiger partial charge >= 0.3 is 5.97 Å². The Hall–Kier alpha value is -1.40. The largest absolute Gasteiger partial charge is 0.466 e. The van der Waals surface area contributed by atoms with Crippen molar-refractivity contribution in [3.63, 3.8) is 0 Å². The Morgan fingerprint density at radius 2 is 0.597 bits per heavy atom. The van der Waals surface area contributed by atoms with Crippen molar-refractivity contribution in [3.8, 4) is 0 Å². The van der Waals surface area contributed by atoms with E-state index in [4.69, 9.17) is 4.74 Å². The number of carbonyl (C=O) groups is 2. The summed E-state index contributed by atoms with van der Waals surface area (Å²) in [6.07, 6.45) is 82.9. The van der Waals surface area contributed by atoms with Crippen molar-refractivity contribution in [2.24, 2.45) is 0 Å². The van der Waals surface area contributed by atoms with Gasteiger partial charge in [0.25, 0.3) is 0 Å². The number of hydrogen-bond acceptors (Lipinski definition) is 5. The number of allylic oxidation sites excluding steroid dienone is 1. The molecule has 6 nitrogen and oxygen atoms in total. The summed E-state index contributed by atoms with van der Waals surface area (Å²) in [5, 5.41) is 23.2. The monoisotopic (exact) mass is 1090 g/mol. The topological polar surface area (TPSA) is 95.9 Å². The maximum absolute atomic E-state index is 12.5. The van der Waals surface area contributed by atoms with Crippen molar-refractivity contribution in [1.29, 1.82) is 0 Å². The SMILES string of the molecule is CCCCCCCCCCCCCCCCCC/C=C/C(O)C(CO)NC(=O)CCCCCCCCCCCCCCCCCCCCCCCCCCCOC(=O)CCCCCCCCCCCCCCCCCCC. The van der Waals surface area contributed by atoms with Gasteiger partial charge in [-0.25, -0.2) is 0 Å². The molecule has 0 saturated carbocycles. The third-order valence-corrected chi connectivity index (χ3v) is 16.8. The molecule has 0 aromatic rings. The summed E-state index contributed by atoms with van der Waals surface area (Å²) >= 11 is 0. The van der Waals surface area contributed by atoms with Crippen LogP contribution in [0, 0.1) is 0 Å². The van der Waals surface area contributed by atoms with Gasteiger partial charge in [0.1, 0.15) is 0 Å². The minimum absolute atomic E-state index is 0.0210. The number of esters is 1. The highest BCUT2D eigenvalue weighted by atomic mass is 16.5. The first-order valence-electron chi connectivity index (χ1n) is 35.5.